The van der Waals surface area contributed by atoms with Crippen LogP contribution in [0.5, 0.6) is 5.75 Å². The molecule has 160 valence electrons. The lowest BCUT2D eigenvalue weighted by Gasteiger charge is -2.22. The average molecular weight is 412 g/mol. The molecule has 7 heteroatoms. The maximum atomic E-state index is 12.8. The smallest absolute Gasteiger partial charge is 0.251 e. The Kier molecular flexibility index (Phi) is 7.98. The fourth-order valence-electron chi connectivity index (χ4n) is 2.68. The van der Waals surface area contributed by atoms with Crippen LogP contribution in [-0.4, -0.2) is 30.9 Å². The summed E-state index contributed by atoms with van der Waals surface area (Å²) in [6.45, 7) is 7.33. The number of hydrogen-bond acceptors (Lipinski definition) is 4. The Hall–Kier alpha value is -3.35. The maximum Gasteiger partial charge on any atom is 0.251 e. The molecular formula is C23H29N3O4. The van der Waals surface area contributed by atoms with Gasteiger partial charge in [-0.15, -0.1) is 0 Å². The van der Waals surface area contributed by atoms with Crippen LogP contribution in [0.15, 0.2) is 48.5 Å². The van der Waals surface area contributed by atoms with Crippen molar-refractivity contribution in [1.29, 1.82) is 0 Å². The molecule has 0 aliphatic carbocycles. The molecule has 7 nitrogen and oxygen atoms in total. The molecule has 2 rings (SSSR count). The summed E-state index contributed by atoms with van der Waals surface area (Å²) in [6.07, 6.45) is 0. The molecule has 3 N–H and O–H groups in total. The van der Waals surface area contributed by atoms with E-state index in [9.17, 15) is 14.4 Å². The number of ether oxygens (including phenoxy) is 1. The molecule has 2 aromatic carbocycles. The molecule has 0 bridgehead atoms. The maximum absolute atomic E-state index is 12.8. The van der Waals surface area contributed by atoms with Gasteiger partial charge in [0.25, 0.3) is 5.91 Å². The fraction of sp³-hybridized carbons (Fsp3) is 0.348. The summed E-state index contributed by atoms with van der Waals surface area (Å²) in [5.41, 5.74) is 1.56. The lowest BCUT2D eigenvalue weighted by atomic mass is 10.0. The second kappa shape index (κ2) is 10.4. The fourth-order valence-corrected chi connectivity index (χ4v) is 2.68. The van der Waals surface area contributed by atoms with Crippen LogP contribution in [0.4, 0.5) is 11.4 Å². The molecule has 0 radical (unpaired) electrons. The largest absolute Gasteiger partial charge is 0.497 e. The van der Waals surface area contributed by atoms with Gasteiger partial charge >= 0.3 is 0 Å². The van der Waals surface area contributed by atoms with Crippen molar-refractivity contribution >= 4 is 29.1 Å². The molecule has 0 heterocycles. The van der Waals surface area contributed by atoms with Crippen LogP contribution in [0.25, 0.3) is 0 Å². The average Bonchev–Trinajstić information content (AvgIpc) is 2.71. The van der Waals surface area contributed by atoms with Crippen molar-refractivity contribution in [2.24, 2.45) is 11.8 Å². The van der Waals surface area contributed by atoms with E-state index in [1.165, 1.54) is 0 Å². The quantitative estimate of drug-likeness (QED) is 0.617. The van der Waals surface area contributed by atoms with E-state index in [0.717, 1.165) is 0 Å². The van der Waals surface area contributed by atoms with Crippen molar-refractivity contribution in [3.8, 4) is 5.75 Å². The van der Waals surface area contributed by atoms with Gasteiger partial charge in [-0.05, 0) is 48.4 Å². The van der Waals surface area contributed by atoms with Crippen LogP contribution in [0.2, 0.25) is 0 Å². The van der Waals surface area contributed by atoms with Crippen LogP contribution < -0.4 is 20.7 Å². The molecule has 30 heavy (non-hydrogen) atoms. The van der Waals surface area contributed by atoms with Crippen molar-refractivity contribution in [2.75, 3.05) is 17.7 Å². The number of anilines is 2. The van der Waals surface area contributed by atoms with Crippen molar-refractivity contribution in [2.45, 2.75) is 33.7 Å². The number of carbonyl (C=O) groups is 3. The third kappa shape index (κ3) is 6.34. The minimum Gasteiger partial charge on any atom is -0.497 e. The predicted octanol–water partition coefficient (Wildman–Crippen LogP) is 3.68. The van der Waals surface area contributed by atoms with Gasteiger partial charge in [-0.3, -0.25) is 14.4 Å². The highest BCUT2D eigenvalue weighted by atomic mass is 16.5. The van der Waals surface area contributed by atoms with Gasteiger partial charge in [0.2, 0.25) is 11.8 Å². The predicted molar refractivity (Wildman–Crippen MR) is 118 cm³/mol. The summed E-state index contributed by atoms with van der Waals surface area (Å²) in [7, 11) is 1.55. The highest BCUT2D eigenvalue weighted by molar-refractivity contribution is 6.01. The summed E-state index contributed by atoms with van der Waals surface area (Å²) < 4.78 is 5.10. The summed E-state index contributed by atoms with van der Waals surface area (Å²) in [4.78, 5) is 37.3. The molecule has 3 amide bonds. The molecule has 0 aliphatic heterocycles. The number of amides is 3. The molecule has 0 saturated heterocycles. The molecule has 0 spiro atoms. The molecule has 0 fully saturated rings. The minimum absolute atomic E-state index is 0.106. The summed E-state index contributed by atoms with van der Waals surface area (Å²) >= 11 is 0. The standard InChI is InChI=1S/C23H29N3O4/c1-14(2)20(26-22(28)16-9-11-19(30-5)12-10-16)23(29)25-18-8-6-7-17(13-18)24-21(27)15(3)4/h6-15,20H,1-5H3,(H,24,27)(H,25,29)(H,26,28). The molecule has 0 aliphatic rings. The summed E-state index contributed by atoms with van der Waals surface area (Å²) in [5, 5.41) is 8.41. The zero-order valence-electron chi connectivity index (χ0n) is 18.0. The number of nitrogens with one attached hydrogen (secondary N) is 3. The van der Waals surface area contributed by atoms with Gasteiger partial charge in [0, 0.05) is 22.9 Å². The molecule has 0 saturated carbocycles. The van der Waals surface area contributed by atoms with Crippen LogP contribution >= 0.6 is 0 Å². The van der Waals surface area contributed by atoms with Gasteiger partial charge in [-0.1, -0.05) is 33.8 Å². The molecular weight excluding hydrogens is 382 g/mol. The Bertz CT molecular complexity index is 892. The van der Waals surface area contributed by atoms with Crippen LogP contribution in [-0.2, 0) is 9.59 Å². The SMILES string of the molecule is COc1ccc(C(=O)NC(C(=O)Nc2cccc(NC(=O)C(C)C)c2)C(C)C)cc1. The minimum atomic E-state index is -0.728. The van der Waals surface area contributed by atoms with Gasteiger partial charge in [0.05, 0.1) is 7.11 Å². The second-order valence-electron chi connectivity index (χ2n) is 7.64. The van der Waals surface area contributed by atoms with E-state index in [1.807, 2.05) is 13.8 Å². The highest BCUT2D eigenvalue weighted by Gasteiger charge is 2.25. The van der Waals surface area contributed by atoms with Crippen molar-refractivity contribution in [3.63, 3.8) is 0 Å². The van der Waals surface area contributed by atoms with Gasteiger partial charge in [0.1, 0.15) is 11.8 Å². The van der Waals surface area contributed by atoms with E-state index < -0.39 is 6.04 Å². The third-order valence-corrected chi connectivity index (χ3v) is 4.51. The molecule has 1 unspecified atom stereocenters. The second-order valence-corrected chi connectivity index (χ2v) is 7.64. The number of methoxy groups -OCH3 is 1. The normalized spacial score (nSPS) is 11.7. The number of benzene rings is 2. The van der Waals surface area contributed by atoms with Gasteiger partial charge in [0.15, 0.2) is 0 Å². The Balaban J connectivity index is 2.08. The number of rotatable bonds is 8. The molecule has 1 atom stereocenters. The van der Waals surface area contributed by atoms with Crippen LogP contribution in [0, 0.1) is 11.8 Å². The molecule has 2 aromatic rings. The number of carbonyl (C=O) groups excluding carboxylic acids is 3. The molecule has 0 aromatic heterocycles. The first-order valence-corrected chi connectivity index (χ1v) is 9.88. The third-order valence-electron chi connectivity index (χ3n) is 4.51. The first-order valence-electron chi connectivity index (χ1n) is 9.88. The van der Waals surface area contributed by atoms with Crippen molar-refractivity contribution < 1.29 is 19.1 Å². The van der Waals surface area contributed by atoms with Gasteiger partial charge < -0.3 is 20.7 Å². The van der Waals surface area contributed by atoms with Gasteiger partial charge in [-0.2, -0.15) is 0 Å². The monoisotopic (exact) mass is 411 g/mol. The Morgan fingerprint density at radius 2 is 1.40 bits per heavy atom. The van der Waals surface area contributed by atoms with Crippen molar-refractivity contribution in [3.05, 3.63) is 54.1 Å². The lowest BCUT2D eigenvalue weighted by Crippen LogP contribution is -2.47. The summed E-state index contributed by atoms with van der Waals surface area (Å²) in [6, 6.07) is 12.8. The van der Waals surface area contributed by atoms with Crippen molar-refractivity contribution in [1.82, 2.24) is 5.32 Å². The zero-order chi connectivity index (χ0) is 22.3. The first kappa shape index (κ1) is 22.9. The van der Waals surface area contributed by atoms with E-state index in [4.69, 9.17) is 4.74 Å². The van der Waals surface area contributed by atoms with E-state index in [2.05, 4.69) is 16.0 Å². The summed E-state index contributed by atoms with van der Waals surface area (Å²) in [5.74, 6) is -0.416. The Morgan fingerprint density at radius 1 is 0.833 bits per heavy atom. The first-order chi connectivity index (χ1) is 14.2. The van der Waals surface area contributed by atoms with Gasteiger partial charge in [-0.25, -0.2) is 0 Å². The Morgan fingerprint density at radius 3 is 1.90 bits per heavy atom. The van der Waals surface area contributed by atoms with E-state index in [0.29, 0.717) is 22.7 Å². The highest BCUT2D eigenvalue weighted by Crippen LogP contribution is 2.17. The lowest BCUT2D eigenvalue weighted by molar-refractivity contribution is -0.119. The number of hydrogen-bond donors (Lipinski definition) is 3. The van der Waals surface area contributed by atoms with E-state index in [1.54, 1.807) is 69.5 Å². The Labute approximate surface area is 177 Å². The van der Waals surface area contributed by atoms with Crippen LogP contribution in [0.3, 0.4) is 0 Å². The zero-order valence-corrected chi connectivity index (χ0v) is 18.0. The topological polar surface area (TPSA) is 96.5 Å². The van der Waals surface area contributed by atoms with E-state index in [-0.39, 0.29) is 29.6 Å². The van der Waals surface area contributed by atoms with E-state index >= 15 is 0 Å². The van der Waals surface area contributed by atoms with Crippen LogP contribution in [0.1, 0.15) is 38.1 Å².